The molecule has 10 nitrogen and oxygen atoms in total. The van der Waals surface area contributed by atoms with Crippen LogP contribution in [-0.2, 0) is 0 Å². The Hall–Kier alpha value is -4.08. The third kappa shape index (κ3) is 3.88. The van der Waals surface area contributed by atoms with Crippen molar-refractivity contribution in [1.82, 2.24) is 39.9 Å². The lowest BCUT2D eigenvalue weighted by molar-refractivity contribution is 0.208. The number of nitrogens with zero attached hydrogens (tertiary/aromatic N) is 8. The molecule has 0 aliphatic carbocycles. The van der Waals surface area contributed by atoms with E-state index in [2.05, 4.69) is 30.9 Å². The van der Waals surface area contributed by atoms with Gasteiger partial charge in [-0.1, -0.05) is 18.2 Å². The summed E-state index contributed by atoms with van der Waals surface area (Å²) in [4.78, 5) is 18.5. The molecule has 2 aromatic carbocycles. The van der Waals surface area contributed by atoms with Gasteiger partial charge in [0.1, 0.15) is 19.0 Å². The Balaban J connectivity index is 1.47. The number of anilines is 1. The highest BCUT2D eigenvalue weighted by Crippen LogP contribution is 2.23. The summed E-state index contributed by atoms with van der Waals surface area (Å²) in [5.74, 6) is 0. The minimum Gasteiger partial charge on any atom is -0.321 e. The van der Waals surface area contributed by atoms with E-state index in [0.717, 1.165) is 22.5 Å². The van der Waals surface area contributed by atoms with Gasteiger partial charge in [0.05, 0.1) is 17.4 Å². The fourth-order valence-corrected chi connectivity index (χ4v) is 3.02. The fourth-order valence-electron chi connectivity index (χ4n) is 3.02. The number of nitrogens with one attached hydrogen (secondary N) is 1. The van der Waals surface area contributed by atoms with Gasteiger partial charge in [-0.25, -0.2) is 19.1 Å². The van der Waals surface area contributed by atoms with E-state index in [9.17, 15) is 4.79 Å². The molecule has 0 aliphatic rings. The number of rotatable bonds is 5. The van der Waals surface area contributed by atoms with Gasteiger partial charge in [-0.15, -0.1) is 5.10 Å². The van der Waals surface area contributed by atoms with Gasteiger partial charge in [-0.2, -0.15) is 5.10 Å². The Morgan fingerprint density at radius 1 is 1.07 bits per heavy atom. The van der Waals surface area contributed by atoms with Crippen molar-refractivity contribution in [3.63, 3.8) is 0 Å². The third-order valence-corrected chi connectivity index (χ3v) is 5.04. The van der Waals surface area contributed by atoms with Crippen LogP contribution < -0.4 is 5.32 Å². The van der Waals surface area contributed by atoms with Gasteiger partial charge >= 0.3 is 6.03 Å². The second kappa shape index (κ2) is 8.11. The summed E-state index contributed by atoms with van der Waals surface area (Å²) in [6, 6.07) is 13.2. The van der Waals surface area contributed by atoms with Crippen LogP contribution in [0.1, 0.15) is 24.1 Å². The van der Waals surface area contributed by atoms with Gasteiger partial charge in [0, 0.05) is 12.7 Å². The lowest BCUT2D eigenvalue weighted by Crippen LogP contribution is -2.33. The average molecular weight is 403 g/mol. The van der Waals surface area contributed by atoms with Crippen LogP contribution in [0.4, 0.5) is 10.5 Å². The predicted octanol–water partition coefficient (Wildman–Crippen LogP) is 2.78. The maximum atomic E-state index is 12.9. The monoisotopic (exact) mass is 403 g/mol. The molecule has 0 spiro atoms. The minimum absolute atomic E-state index is 0.127. The van der Waals surface area contributed by atoms with Crippen molar-refractivity contribution in [2.45, 2.75) is 19.9 Å². The molecule has 4 aromatic rings. The summed E-state index contributed by atoms with van der Waals surface area (Å²) in [5.41, 5.74) is 4.33. The number of aromatic nitrogens is 7. The Labute approximate surface area is 173 Å². The van der Waals surface area contributed by atoms with Crippen LogP contribution in [0.25, 0.3) is 11.4 Å². The minimum atomic E-state index is -0.209. The molecule has 2 heterocycles. The van der Waals surface area contributed by atoms with E-state index in [1.807, 2.05) is 56.3 Å². The summed E-state index contributed by atoms with van der Waals surface area (Å²) in [7, 11) is 1.77. The van der Waals surface area contributed by atoms with E-state index < -0.39 is 0 Å². The van der Waals surface area contributed by atoms with E-state index >= 15 is 0 Å². The molecular weight excluding hydrogens is 382 g/mol. The number of amides is 2. The zero-order chi connectivity index (χ0) is 21.1. The number of aryl methyl sites for hydroxylation is 1. The number of benzene rings is 2. The first-order chi connectivity index (χ1) is 14.5. The number of carbonyl (C=O) groups excluding carboxylic acids is 1. The fraction of sp³-hybridized carbons (Fsp3) is 0.200. The van der Waals surface area contributed by atoms with Crippen molar-refractivity contribution in [1.29, 1.82) is 0 Å². The van der Waals surface area contributed by atoms with Crippen molar-refractivity contribution >= 4 is 11.7 Å². The zero-order valence-corrected chi connectivity index (χ0v) is 16.8. The molecule has 0 bridgehead atoms. The largest absolute Gasteiger partial charge is 0.322 e. The lowest BCUT2D eigenvalue weighted by atomic mass is 10.1. The number of hydrogen-bond donors (Lipinski definition) is 1. The Bertz CT molecular complexity index is 1120. The normalized spacial score (nSPS) is 11.8. The van der Waals surface area contributed by atoms with E-state index in [0.29, 0.717) is 5.69 Å². The molecule has 30 heavy (non-hydrogen) atoms. The van der Waals surface area contributed by atoms with Crippen molar-refractivity contribution in [3.05, 3.63) is 72.6 Å². The van der Waals surface area contributed by atoms with Crippen molar-refractivity contribution in [3.8, 4) is 11.4 Å². The van der Waals surface area contributed by atoms with E-state index in [1.165, 1.54) is 17.3 Å². The number of hydrogen-bond acceptors (Lipinski definition) is 6. The van der Waals surface area contributed by atoms with E-state index in [4.69, 9.17) is 0 Å². The zero-order valence-electron chi connectivity index (χ0n) is 16.8. The highest BCUT2D eigenvalue weighted by Gasteiger charge is 2.18. The topological polar surface area (TPSA) is 107 Å². The molecule has 2 aromatic heterocycles. The van der Waals surface area contributed by atoms with E-state index in [-0.39, 0.29) is 12.1 Å². The van der Waals surface area contributed by atoms with Crippen molar-refractivity contribution in [2.75, 3.05) is 12.4 Å². The summed E-state index contributed by atoms with van der Waals surface area (Å²) in [6.45, 7) is 3.92. The predicted molar refractivity (Wildman–Crippen MR) is 110 cm³/mol. The van der Waals surface area contributed by atoms with Crippen molar-refractivity contribution in [2.24, 2.45) is 0 Å². The quantitative estimate of drug-likeness (QED) is 0.549. The first-order valence-corrected chi connectivity index (χ1v) is 9.35. The van der Waals surface area contributed by atoms with Gasteiger partial charge in [0.2, 0.25) is 0 Å². The number of urea groups is 1. The second-order valence-corrected chi connectivity index (χ2v) is 6.90. The lowest BCUT2D eigenvalue weighted by Gasteiger charge is -2.26. The number of tetrazole rings is 1. The van der Waals surface area contributed by atoms with Crippen LogP contribution >= 0.6 is 0 Å². The van der Waals surface area contributed by atoms with Gasteiger partial charge in [0.15, 0.2) is 0 Å². The summed E-state index contributed by atoms with van der Waals surface area (Å²) < 4.78 is 3.23. The molecule has 4 rings (SSSR count). The van der Waals surface area contributed by atoms with Crippen LogP contribution in [-0.4, -0.2) is 53.0 Å². The molecule has 0 radical (unpaired) electrons. The van der Waals surface area contributed by atoms with Crippen LogP contribution in [0.2, 0.25) is 0 Å². The van der Waals surface area contributed by atoms with Crippen LogP contribution in [0, 0.1) is 6.92 Å². The molecule has 1 unspecified atom stereocenters. The van der Waals surface area contributed by atoms with E-state index in [1.54, 1.807) is 23.0 Å². The van der Waals surface area contributed by atoms with Crippen LogP contribution in [0.5, 0.6) is 0 Å². The second-order valence-electron chi connectivity index (χ2n) is 6.90. The first kappa shape index (κ1) is 19.2. The highest BCUT2D eigenvalue weighted by molar-refractivity contribution is 5.90. The first-order valence-electron chi connectivity index (χ1n) is 9.35. The maximum absolute atomic E-state index is 12.9. The molecule has 0 aliphatic heterocycles. The molecule has 1 N–H and O–H groups in total. The molecule has 0 fully saturated rings. The Morgan fingerprint density at radius 2 is 1.83 bits per heavy atom. The SMILES string of the molecule is Cc1ccc(-n2cnnn2)cc1NC(=O)N(C)C(C)c1ccc(-n2cncn2)cc1. The Kier molecular flexibility index (Phi) is 5.21. The van der Waals surface area contributed by atoms with Crippen molar-refractivity contribution < 1.29 is 4.79 Å². The molecule has 0 saturated heterocycles. The molecular formula is C20H21N9O. The summed E-state index contributed by atoms with van der Waals surface area (Å²) in [5, 5.41) is 18.3. The molecule has 10 heteroatoms. The highest BCUT2D eigenvalue weighted by atomic mass is 16.2. The summed E-state index contributed by atoms with van der Waals surface area (Å²) >= 11 is 0. The maximum Gasteiger partial charge on any atom is 0.322 e. The van der Waals surface area contributed by atoms with Crippen LogP contribution in [0.3, 0.4) is 0 Å². The molecule has 0 saturated carbocycles. The Morgan fingerprint density at radius 3 is 2.50 bits per heavy atom. The molecule has 152 valence electrons. The average Bonchev–Trinajstić information content (AvgIpc) is 3.49. The third-order valence-electron chi connectivity index (χ3n) is 5.04. The number of carbonyl (C=O) groups is 1. The van der Waals surface area contributed by atoms with Gasteiger partial charge < -0.3 is 10.2 Å². The summed E-state index contributed by atoms with van der Waals surface area (Å²) in [6.07, 6.45) is 4.64. The van der Waals surface area contributed by atoms with Crippen LogP contribution in [0.15, 0.2) is 61.4 Å². The van der Waals surface area contributed by atoms with Gasteiger partial charge in [0.25, 0.3) is 0 Å². The molecule has 2 amide bonds. The smallest absolute Gasteiger partial charge is 0.321 e. The van der Waals surface area contributed by atoms with Gasteiger partial charge in [-0.05, 0) is 59.7 Å². The van der Waals surface area contributed by atoms with Gasteiger partial charge in [-0.3, -0.25) is 0 Å². The standard InChI is InChI=1S/C20H21N9O/c1-14-4-7-18(29-13-22-25-26-29)10-19(14)24-20(30)27(3)15(2)16-5-8-17(9-6-16)28-12-21-11-23-28/h4-13,15H,1-3H3,(H,24,30). The molecule has 1 atom stereocenters.